The first-order valence-electron chi connectivity index (χ1n) is 7.29. The fraction of sp³-hybridized carbons (Fsp3) is 0.647. The van der Waals surface area contributed by atoms with Crippen LogP contribution in [-0.2, 0) is 4.74 Å². The van der Waals surface area contributed by atoms with Crippen molar-refractivity contribution < 1.29 is 9.47 Å². The van der Waals surface area contributed by atoms with Gasteiger partial charge in [0.15, 0.2) is 0 Å². The molecule has 2 heteroatoms. The average molecular weight is 262 g/mol. The molecule has 19 heavy (non-hydrogen) atoms. The van der Waals surface area contributed by atoms with Crippen LogP contribution in [0.2, 0.25) is 0 Å². The van der Waals surface area contributed by atoms with E-state index in [2.05, 4.69) is 40.7 Å². The lowest BCUT2D eigenvalue weighted by Gasteiger charge is -2.20. The summed E-state index contributed by atoms with van der Waals surface area (Å²) in [6.07, 6.45) is 3.24. The van der Waals surface area contributed by atoms with Gasteiger partial charge in [0.25, 0.3) is 0 Å². The molecule has 1 aliphatic rings. The Bertz CT molecular complexity index is 465. The van der Waals surface area contributed by atoms with E-state index in [1.54, 1.807) is 7.11 Å². The highest BCUT2D eigenvalue weighted by molar-refractivity contribution is 5.49. The Balaban J connectivity index is 2.22. The second-order valence-electron chi connectivity index (χ2n) is 5.82. The highest BCUT2D eigenvalue weighted by Crippen LogP contribution is 2.38. The minimum absolute atomic E-state index is 0.473. The molecule has 3 atom stereocenters. The molecule has 0 spiro atoms. The van der Waals surface area contributed by atoms with Crippen LogP contribution in [0.25, 0.3) is 0 Å². The molecule has 1 heterocycles. The molecule has 106 valence electrons. The Morgan fingerprint density at radius 1 is 1.21 bits per heavy atom. The lowest BCUT2D eigenvalue weighted by molar-refractivity contribution is 0.352. The highest BCUT2D eigenvalue weighted by atomic mass is 16.6. The van der Waals surface area contributed by atoms with Crippen molar-refractivity contribution in [3.63, 3.8) is 0 Å². The van der Waals surface area contributed by atoms with E-state index in [0.29, 0.717) is 18.1 Å². The summed E-state index contributed by atoms with van der Waals surface area (Å²) >= 11 is 0. The molecule has 0 bridgehead atoms. The van der Waals surface area contributed by atoms with E-state index in [4.69, 9.17) is 9.47 Å². The predicted octanol–water partition coefficient (Wildman–Crippen LogP) is 4.29. The fourth-order valence-electron chi connectivity index (χ4n) is 3.25. The van der Waals surface area contributed by atoms with E-state index in [9.17, 15) is 0 Å². The van der Waals surface area contributed by atoms with Gasteiger partial charge in [-0.2, -0.15) is 0 Å². The van der Waals surface area contributed by atoms with Gasteiger partial charge in [-0.1, -0.05) is 13.8 Å². The van der Waals surface area contributed by atoms with Crippen LogP contribution in [0.5, 0.6) is 5.75 Å². The van der Waals surface area contributed by atoms with Gasteiger partial charge in [-0.25, -0.2) is 0 Å². The van der Waals surface area contributed by atoms with Crippen LogP contribution in [0.1, 0.15) is 54.9 Å². The largest absolute Gasteiger partial charge is 0.496 e. The van der Waals surface area contributed by atoms with Crippen molar-refractivity contribution in [2.45, 2.75) is 65.6 Å². The van der Waals surface area contributed by atoms with Crippen LogP contribution < -0.4 is 4.74 Å². The zero-order chi connectivity index (χ0) is 14.2. The van der Waals surface area contributed by atoms with Crippen molar-refractivity contribution in [1.82, 2.24) is 0 Å². The zero-order valence-corrected chi connectivity index (χ0v) is 13.0. The normalized spacial score (nSPS) is 23.3. The fourth-order valence-corrected chi connectivity index (χ4v) is 3.25. The summed E-state index contributed by atoms with van der Waals surface area (Å²) in [6.45, 7) is 11.1. The lowest BCUT2D eigenvalue weighted by Crippen LogP contribution is -2.07. The van der Waals surface area contributed by atoms with E-state index in [1.807, 2.05) is 0 Å². The number of hydrogen-bond donors (Lipinski definition) is 0. The van der Waals surface area contributed by atoms with Gasteiger partial charge in [-0.05, 0) is 67.9 Å². The second kappa shape index (κ2) is 5.54. The van der Waals surface area contributed by atoms with Gasteiger partial charge in [0.2, 0.25) is 0 Å². The number of hydrogen-bond acceptors (Lipinski definition) is 2. The van der Waals surface area contributed by atoms with Gasteiger partial charge in [-0.3, -0.25) is 0 Å². The van der Waals surface area contributed by atoms with Crippen molar-refractivity contribution in [3.8, 4) is 5.75 Å². The van der Waals surface area contributed by atoms with Crippen LogP contribution >= 0.6 is 0 Å². The van der Waals surface area contributed by atoms with Crippen molar-refractivity contribution in [2.24, 2.45) is 0 Å². The molecule has 2 rings (SSSR count). The maximum absolute atomic E-state index is 5.69. The third kappa shape index (κ3) is 2.79. The summed E-state index contributed by atoms with van der Waals surface area (Å²) in [5.41, 5.74) is 5.45. The number of aryl methyl sites for hydroxylation is 1. The lowest BCUT2D eigenvalue weighted by atomic mass is 9.86. The van der Waals surface area contributed by atoms with Crippen LogP contribution in [0, 0.1) is 20.8 Å². The summed E-state index contributed by atoms with van der Waals surface area (Å²) in [7, 11) is 1.74. The van der Waals surface area contributed by atoms with E-state index in [1.165, 1.54) is 22.3 Å². The molecule has 3 unspecified atom stereocenters. The molecular formula is C17H26O2. The molecule has 0 radical (unpaired) electrons. The molecule has 0 amide bonds. The summed E-state index contributed by atoms with van der Waals surface area (Å²) in [5.74, 6) is 1.55. The van der Waals surface area contributed by atoms with Crippen LogP contribution in [0.3, 0.4) is 0 Å². The number of benzene rings is 1. The standard InChI is InChI=1S/C17H26O2/c1-7-14-16(19-14)9-11(3)17-10(2)8-15(18-6)12(4)13(17)5/h8,11,14,16H,7,9H2,1-6H3. The maximum Gasteiger partial charge on any atom is 0.122 e. The zero-order valence-electron chi connectivity index (χ0n) is 13.0. The molecule has 0 aromatic heterocycles. The Morgan fingerprint density at radius 3 is 2.42 bits per heavy atom. The smallest absolute Gasteiger partial charge is 0.122 e. The van der Waals surface area contributed by atoms with Gasteiger partial charge in [0, 0.05) is 0 Å². The molecule has 1 aliphatic heterocycles. The summed E-state index contributed by atoms with van der Waals surface area (Å²) in [5, 5.41) is 0. The number of methoxy groups -OCH3 is 1. The van der Waals surface area contributed by atoms with E-state index >= 15 is 0 Å². The summed E-state index contributed by atoms with van der Waals surface area (Å²) in [4.78, 5) is 0. The number of epoxide rings is 1. The van der Waals surface area contributed by atoms with E-state index in [-0.39, 0.29) is 0 Å². The SMILES string of the molecule is CCC1OC1CC(C)c1c(C)cc(OC)c(C)c1C. The molecule has 1 aromatic carbocycles. The summed E-state index contributed by atoms with van der Waals surface area (Å²) < 4.78 is 11.1. The molecule has 0 aliphatic carbocycles. The van der Waals surface area contributed by atoms with Crippen molar-refractivity contribution in [2.75, 3.05) is 7.11 Å². The minimum atomic E-state index is 0.473. The van der Waals surface area contributed by atoms with Crippen molar-refractivity contribution >= 4 is 0 Å². The molecular weight excluding hydrogens is 236 g/mol. The molecule has 0 saturated carbocycles. The Kier molecular flexibility index (Phi) is 4.19. The third-order valence-corrected chi connectivity index (χ3v) is 4.50. The first-order chi connectivity index (χ1) is 8.99. The van der Waals surface area contributed by atoms with Crippen LogP contribution in [0.4, 0.5) is 0 Å². The Hall–Kier alpha value is -1.02. The van der Waals surface area contributed by atoms with Crippen molar-refractivity contribution in [3.05, 3.63) is 28.3 Å². The molecule has 1 aromatic rings. The van der Waals surface area contributed by atoms with Crippen LogP contribution in [-0.4, -0.2) is 19.3 Å². The van der Waals surface area contributed by atoms with Gasteiger partial charge >= 0.3 is 0 Å². The maximum atomic E-state index is 5.69. The average Bonchev–Trinajstić information content (AvgIpc) is 3.12. The van der Waals surface area contributed by atoms with E-state index in [0.717, 1.165) is 18.6 Å². The molecule has 1 fully saturated rings. The topological polar surface area (TPSA) is 21.8 Å². The molecule has 2 nitrogen and oxygen atoms in total. The van der Waals surface area contributed by atoms with Gasteiger partial charge in [0.1, 0.15) is 5.75 Å². The quantitative estimate of drug-likeness (QED) is 0.738. The van der Waals surface area contributed by atoms with E-state index < -0.39 is 0 Å². The molecule has 1 saturated heterocycles. The first-order valence-corrected chi connectivity index (χ1v) is 7.29. The van der Waals surface area contributed by atoms with Gasteiger partial charge < -0.3 is 9.47 Å². The second-order valence-corrected chi connectivity index (χ2v) is 5.82. The Labute approximate surface area is 117 Å². The monoisotopic (exact) mass is 262 g/mol. The highest BCUT2D eigenvalue weighted by Gasteiger charge is 2.38. The minimum Gasteiger partial charge on any atom is -0.496 e. The van der Waals surface area contributed by atoms with Gasteiger partial charge in [0.05, 0.1) is 19.3 Å². The Morgan fingerprint density at radius 2 is 1.89 bits per heavy atom. The molecule has 0 N–H and O–H groups in total. The van der Waals surface area contributed by atoms with Crippen LogP contribution in [0.15, 0.2) is 6.07 Å². The summed E-state index contributed by atoms with van der Waals surface area (Å²) in [6, 6.07) is 2.17. The predicted molar refractivity (Wildman–Crippen MR) is 79.2 cm³/mol. The number of ether oxygens (including phenoxy) is 2. The number of rotatable bonds is 5. The third-order valence-electron chi connectivity index (χ3n) is 4.50. The van der Waals surface area contributed by atoms with Crippen molar-refractivity contribution in [1.29, 1.82) is 0 Å². The first kappa shape index (κ1) is 14.4. The van der Waals surface area contributed by atoms with Gasteiger partial charge in [-0.15, -0.1) is 0 Å².